The van der Waals surface area contributed by atoms with E-state index >= 15 is 0 Å². The van der Waals surface area contributed by atoms with Crippen molar-refractivity contribution >= 4 is 34.0 Å². The Balaban J connectivity index is 2.88. The highest BCUT2D eigenvalue weighted by Crippen LogP contribution is 2.31. The van der Waals surface area contributed by atoms with Crippen LogP contribution in [0.15, 0.2) is 12.1 Å². The Labute approximate surface area is 106 Å². The van der Waals surface area contributed by atoms with Gasteiger partial charge in [-0.15, -0.1) is 0 Å². The molecule has 0 bridgehead atoms. The smallest absolute Gasteiger partial charge is 0.293 e. The molecule has 0 fully saturated rings. The van der Waals surface area contributed by atoms with E-state index in [1.54, 1.807) is 7.11 Å². The molecule has 0 aliphatic carbocycles. The normalized spacial score (nSPS) is 10.1. The topological polar surface area (TPSA) is 87.6 Å². The summed E-state index contributed by atoms with van der Waals surface area (Å²) in [4.78, 5) is 10.1. The monoisotopic (exact) mass is 338 g/mol. The quantitative estimate of drug-likeness (QED) is 0.291. The van der Waals surface area contributed by atoms with Gasteiger partial charge in [-0.3, -0.25) is 10.1 Å². The molecule has 88 valence electrons. The van der Waals surface area contributed by atoms with Crippen LogP contribution in [0.1, 0.15) is 0 Å². The molecule has 1 aromatic carbocycles. The fourth-order valence-corrected chi connectivity index (χ4v) is 1.67. The summed E-state index contributed by atoms with van der Waals surface area (Å²) >= 11 is 1.96. The van der Waals surface area contributed by atoms with Gasteiger partial charge in [-0.2, -0.15) is 0 Å². The van der Waals surface area contributed by atoms with E-state index in [1.807, 2.05) is 22.6 Å². The minimum absolute atomic E-state index is 0.0952. The van der Waals surface area contributed by atoms with Crippen LogP contribution in [0.25, 0.3) is 0 Å². The fraction of sp³-hybridized carbons (Fsp3) is 0.333. The molecular weight excluding hydrogens is 327 g/mol. The van der Waals surface area contributed by atoms with Crippen LogP contribution in [0.3, 0.4) is 0 Å². The highest BCUT2D eigenvalue weighted by molar-refractivity contribution is 14.1. The van der Waals surface area contributed by atoms with Crippen molar-refractivity contribution in [3.63, 3.8) is 0 Å². The number of nitrogen functional groups attached to an aromatic ring is 1. The first-order valence-electron chi connectivity index (χ1n) is 4.41. The second-order valence-corrected chi connectivity index (χ2v) is 4.10. The molecule has 0 unspecified atom stereocenters. The molecule has 0 atom stereocenters. The van der Waals surface area contributed by atoms with Crippen molar-refractivity contribution in [2.24, 2.45) is 0 Å². The van der Waals surface area contributed by atoms with Crippen LogP contribution >= 0.6 is 22.6 Å². The molecule has 16 heavy (non-hydrogen) atoms. The first-order chi connectivity index (χ1) is 7.56. The van der Waals surface area contributed by atoms with Crippen molar-refractivity contribution in [3.8, 4) is 5.75 Å². The maximum atomic E-state index is 10.6. The van der Waals surface area contributed by atoms with Gasteiger partial charge in [0.2, 0.25) is 0 Å². The summed E-state index contributed by atoms with van der Waals surface area (Å²) in [5, 5.41) is 10.6. The summed E-state index contributed by atoms with van der Waals surface area (Å²) in [5.74, 6) is 0.528. The predicted molar refractivity (Wildman–Crippen MR) is 67.6 cm³/mol. The van der Waals surface area contributed by atoms with E-state index in [1.165, 1.54) is 12.1 Å². The summed E-state index contributed by atoms with van der Waals surface area (Å²) in [6.07, 6.45) is 0. The number of benzene rings is 1. The summed E-state index contributed by atoms with van der Waals surface area (Å²) in [7, 11) is 1.57. The minimum Gasteiger partial charge on any atom is -0.490 e. The maximum Gasteiger partial charge on any atom is 0.293 e. The number of methoxy groups -OCH3 is 1. The number of hydrogen-bond donors (Lipinski definition) is 1. The number of anilines is 1. The fourth-order valence-electron chi connectivity index (χ4n) is 1.06. The summed E-state index contributed by atoms with van der Waals surface area (Å²) in [5.41, 5.74) is 5.53. The second kappa shape index (κ2) is 5.85. The highest BCUT2D eigenvalue weighted by Gasteiger charge is 2.15. The molecule has 0 radical (unpaired) electrons. The highest BCUT2D eigenvalue weighted by atomic mass is 127. The molecule has 0 saturated carbocycles. The standard InChI is InChI=1S/C9H11IN2O4/c1-15-2-3-16-9-5-7(11)8(12(13)14)4-6(9)10/h4-5H,2-3,11H2,1H3. The SMILES string of the molecule is COCCOc1cc(N)c([N+](=O)[O-])cc1I. The molecule has 0 spiro atoms. The van der Waals surface area contributed by atoms with Gasteiger partial charge >= 0.3 is 0 Å². The van der Waals surface area contributed by atoms with Gasteiger partial charge < -0.3 is 15.2 Å². The van der Waals surface area contributed by atoms with Gasteiger partial charge in [-0.1, -0.05) is 0 Å². The molecule has 6 nitrogen and oxygen atoms in total. The first-order valence-corrected chi connectivity index (χ1v) is 5.49. The maximum absolute atomic E-state index is 10.6. The largest absolute Gasteiger partial charge is 0.490 e. The van der Waals surface area contributed by atoms with E-state index < -0.39 is 4.92 Å². The number of nitrogens with zero attached hydrogens (tertiary/aromatic N) is 1. The number of nitro benzene ring substituents is 1. The molecular formula is C9H11IN2O4. The number of nitrogens with two attached hydrogens (primary N) is 1. The predicted octanol–water partition coefficient (Wildman–Crippen LogP) is 1.81. The van der Waals surface area contributed by atoms with Crippen molar-refractivity contribution in [2.75, 3.05) is 26.1 Å². The van der Waals surface area contributed by atoms with Crippen LogP contribution in [0.2, 0.25) is 0 Å². The third kappa shape index (κ3) is 3.20. The number of nitro groups is 1. The average Bonchev–Trinajstić information content (AvgIpc) is 2.22. The number of hydrogen-bond acceptors (Lipinski definition) is 5. The zero-order valence-corrected chi connectivity index (χ0v) is 10.8. The molecule has 0 saturated heterocycles. The van der Waals surface area contributed by atoms with E-state index in [0.29, 0.717) is 22.5 Å². The van der Waals surface area contributed by atoms with Crippen LogP contribution < -0.4 is 10.5 Å². The Morgan fingerprint density at radius 3 is 2.75 bits per heavy atom. The molecule has 0 amide bonds. The Morgan fingerprint density at radius 1 is 1.50 bits per heavy atom. The van der Waals surface area contributed by atoms with E-state index in [9.17, 15) is 10.1 Å². The lowest BCUT2D eigenvalue weighted by molar-refractivity contribution is -0.384. The Hall–Kier alpha value is -1.09. The van der Waals surface area contributed by atoms with Gasteiger partial charge in [0.15, 0.2) is 0 Å². The van der Waals surface area contributed by atoms with E-state index in [2.05, 4.69) is 0 Å². The molecule has 2 N–H and O–H groups in total. The number of halogens is 1. The lowest BCUT2D eigenvalue weighted by atomic mass is 10.2. The third-order valence-electron chi connectivity index (χ3n) is 1.82. The van der Waals surface area contributed by atoms with E-state index in [-0.39, 0.29) is 11.4 Å². The minimum atomic E-state index is -0.517. The van der Waals surface area contributed by atoms with Crippen molar-refractivity contribution in [2.45, 2.75) is 0 Å². The van der Waals surface area contributed by atoms with Gasteiger partial charge in [0.25, 0.3) is 5.69 Å². The molecule has 1 rings (SSSR count). The molecule has 0 aromatic heterocycles. The number of ether oxygens (including phenoxy) is 2. The molecule has 1 aromatic rings. The van der Waals surface area contributed by atoms with E-state index in [4.69, 9.17) is 15.2 Å². The van der Waals surface area contributed by atoms with Gasteiger partial charge in [0.1, 0.15) is 18.0 Å². The van der Waals surface area contributed by atoms with Crippen molar-refractivity contribution < 1.29 is 14.4 Å². The third-order valence-corrected chi connectivity index (χ3v) is 2.67. The Bertz CT molecular complexity index is 397. The Morgan fingerprint density at radius 2 is 2.19 bits per heavy atom. The molecule has 0 aliphatic heterocycles. The Kier molecular flexibility index (Phi) is 4.74. The zero-order valence-electron chi connectivity index (χ0n) is 8.60. The first kappa shape index (κ1) is 13.0. The van der Waals surface area contributed by atoms with Crippen LogP contribution in [-0.4, -0.2) is 25.2 Å². The van der Waals surface area contributed by atoms with Crippen molar-refractivity contribution in [1.82, 2.24) is 0 Å². The van der Waals surface area contributed by atoms with Crippen LogP contribution in [-0.2, 0) is 4.74 Å². The van der Waals surface area contributed by atoms with Crippen molar-refractivity contribution in [1.29, 1.82) is 0 Å². The van der Waals surface area contributed by atoms with Crippen molar-refractivity contribution in [3.05, 3.63) is 25.8 Å². The number of rotatable bonds is 5. The summed E-state index contributed by atoms with van der Waals surface area (Å²) in [6.45, 7) is 0.830. The van der Waals surface area contributed by atoms with Crippen LogP contribution in [0.5, 0.6) is 5.75 Å². The summed E-state index contributed by atoms with van der Waals surface area (Å²) in [6, 6.07) is 2.84. The molecule has 0 aliphatic rings. The van der Waals surface area contributed by atoms with Gasteiger partial charge in [-0.05, 0) is 22.6 Å². The van der Waals surface area contributed by atoms with Gasteiger partial charge in [0.05, 0.1) is 15.1 Å². The van der Waals surface area contributed by atoms with Gasteiger partial charge in [-0.25, -0.2) is 0 Å². The molecule has 7 heteroatoms. The van der Waals surface area contributed by atoms with E-state index in [0.717, 1.165) is 0 Å². The second-order valence-electron chi connectivity index (χ2n) is 2.94. The van der Waals surface area contributed by atoms with Crippen LogP contribution in [0, 0.1) is 13.7 Å². The summed E-state index contributed by atoms with van der Waals surface area (Å²) < 4.78 is 10.8. The van der Waals surface area contributed by atoms with Gasteiger partial charge in [0, 0.05) is 19.2 Å². The zero-order chi connectivity index (χ0) is 12.1. The lowest BCUT2D eigenvalue weighted by Gasteiger charge is -2.08. The average molecular weight is 338 g/mol. The molecule has 0 heterocycles. The lowest BCUT2D eigenvalue weighted by Crippen LogP contribution is -2.06. The van der Waals surface area contributed by atoms with Crippen LogP contribution in [0.4, 0.5) is 11.4 Å².